The zero-order valence-corrected chi connectivity index (χ0v) is 18.1. The predicted octanol–water partition coefficient (Wildman–Crippen LogP) is 5.47. The third-order valence-electron chi connectivity index (χ3n) is 4.26. The van der Waals surface area contributed by atoms with Gasteiger partial charge in [-0.2, -0.15) is 0 Å². The van der Waals surface area contributed by atoms with E-state index >= 15 is 0 Å². The van der Waals surface area contributed by atoms with E-state index < -0.39 is 9.84 Å². The number of sulfone groups is 1. The van der Waals surface area contributed by atoms with Gasteiger partial charge in [-0.1, -0.05) is 30.3 Å². The summed E-state index contributed by atoms with van der Waals surface area (Å²) in [6.45, 7) is 0. The van der Waals surface area contributed by atoms with Gasteiger partial charge in [0.2, 0.25) is 9.84 Å². The van der Waals surface area contributed by atoms with E-state index in [1.807, 2.05) is 24.5 Å². The Bertz CT molecular complexity index is 1270. The fourth-order valence-corrected chi connectivity index (χ4v) is 7.85. The molecule has 4 nitrogen and oxygen atoms in total. The van der Waals surface area contributed by atoms with Crippen LogP contribution in [0.25, 0.3) is 20.5 Å². The third kappa shape index (κ3) is 3.37. The van der Waals surface area contributed by atoms with Crippen LogP contribution in [-0.4, -0.2) is 20.5 Å². The van der Waals surface area contributed by atoms with Crippen molar-refractivity contribution in [3.63, 3.8) is 0 Å². The van der Waals surface area contributed by atoms with Gasteiger partial charge in [-0.25, -0.2) is 8.42 Å². The lowest BCUT2D eigenvalue weighted by molar-refractivity contribution is 0.595. The molecule has 0 bridgehead atoms. The number of thioether (sulfide) groups is 1. The van der Waals surface area contributed by atoms with Gasteiger partial charge in [-0.15, -0.1) is 34.4 Å². The Kier molecular flexibility index (Phi) is 5.05. The van der Waals surface area contributed by atoms with Crippen LogP contribution in [0.2, 0.25) is 0 Å². The first-order valence-electron chi connectivity index (χ1n) is 8.26. The van der Waals surface area contributed by atoms with E-state index in [0.717, 1.165) is 15.8 Å². The Morgan fingerprint density at radius 3 is 2.54 bits per heavy atom. The number of nitrogen functional groups attached to an aromatic ring is 1. The van der Waals surface area contributed by atoms with Gasteiger partial charge in [0.15, 0.2) is 0 Å². The lowest BCUT2D eigenvalue weighted by Gasteiger charge is -2.06. The first-order chi connectivity index (χ1) is 13.4. The van der Waals surface area contributed by atoms with Crippen molar-refractivity contribution in [1.82, 2.24) is 0 Å². The SMILES string of the molecule is CSc1sc(C(=N)N)cc1S(=O)(=O)c1cccc(-c2cc3ccccc3s2)c1. The first kappa shape index (κ1) is 19.2. The molecule has 0 spiro atoms. The predicted molar refractivity (Wildman–Crippen MR) is 120 cm³/mol. The number of rotatable bonds is 5. The van der Waals surface area contributed by atoms with Gasteiger partial charge in [0.05, 0.1) is 18.9 Å². The van der Waals surface area contributed by atoms with E-state index in [4.69, 9.17) is 11.1 Å². The van der Waals surface area contributed by atoms with E-state index in [1.165, 1.54) is 33.9 Å². The van der Waals surface area contributed by atoms with Gasteiger partial charge in [0.25, 0.3) is 0 Å². The summed E-state index contributed by atoms with van der Waals surface area (Å²) in [5.41, 5.74) is 6.43. The molecule has 0 saturated heterocycles. The number of hydrogen-bond donors (Lipinski definition) is 2. The number of benzene rings is 2. The van der Waals surface area contributed by atoms with Crippen LogP contribution in [0.4, 0.5) is 0 Å². The monoisotopic (exact) mass is 444 g/mol. The second-order valence-corrected chi connectivity index (χ2v) is 11.2. The van der Waals surface area contributed by atoms with Crippen molar-refractivity contribution in [1.29, 1.82) is 5.41 Å². The fourth-order valence-electron chi connectivity index (χ4n) is 2.89. The maximum absolute atomic E-state index is 13.3. The molecule has 0 aliphatic heterocycles. The molecule has 0 aliphatic rings. The largest absolute Gasteiger partial charge is 0.383 e. The third-order valence-corrected chi connectivity index (χ3v) is 9.76. The highest BCUT2D eigenvalue weighted by molar-refractivity contribution is 8.01. The molecule has 142 valence electrons. The smallest absolute Gasteiger partial charge is 0.208 e. The van der Waals surface area contributed by atoms with E-state index in [9.17, 15) is 8.42 Å². The molecule has 0 atom stereocenters. The molecule has 2 heterocycles. The molecule has 2 aromatic carbocycles. The van der Waals surface area contributed by atoms with Crippen LogP contribution in [0.5, 0.6) is 0 Å². The normalized spacial score (nSPS) is 11.8. The molecule has 3 N–H and O–H groups in total. The Labute approximate surface area is 175 Å². The number of thiophene rings is 2. The summed E-state index contributed by atoms with van der Waals surface area (Å²) in [6.07, 6.45) is 1.82. The highest BCUT2D eigenvalue weighted by Crippen LogP contribution is 2.39. The van der Waals surface area contributed by atoms with E-state index in [0.29, 0.717) is 9.09 Å². The van der Waals surface area contributed by atoms with Crippen molar-refractivity contribution in [3.05, 3.63) is 65.5 Å². The van der Waals surface area contributed by atoms with Gasteiger partial charge in [-0.3, -0.25) is 5.41 Å². The number of nitrogens with two attached hydrogens (primary N) is 1. The van der Waals surface area contributed by atoms with Gasteiger partial charge < -0.3 is 5.73 Å². The van der Waals surface area contributed by atoms with Crippen LogP contribution in [0, 0.1) is 5.41 Å². The van der Waals surface area contributed by atoms with Crippen molar-refractivity contribution >= 4 is 60.2 Å². The van der Waals surface area contributed by atoms with Crippen LogP contribution in [0.15, 0.2) is 74.7 Å². The topological polar surface area (TPSA) is 84.0 Å². The Morgan fingerprint density at radius 2 is 1.82 bits per heavy atom. The minimum atomic E-state index is -3.71. The highest BCUT2D eigenvalue weighted by atomic mass is 32.2. The molecule has 0 radical (unpaired) electrons. The molecule has 8 heteroatoms. The average molecular weight is 445 g/mol. The number of amidine groups is 1. The van der Waals surface area contributed by atoms with Gasteiger partial charge in [0, 0.05) is 9.58 Å². The molecule has 0 saturated carbocycles. The number of nitrogens with one attached hydrogen (secondary N) is 1. The van der Waals surface area contributed by atoms with Gasteiger partial charge in [0.1, 0.15) is 5.84 Å². The Balaban J connectivity index is 1.81. The molecular weight excluding hydrogens is 429 g/mol. The summed E-state index contributed by atoms with van der Waals surface area (Å²) in [7, 11) is -3.71. The summed E-state index contributed by atoms with van der Waals surface area (Å²) < 4.78 is 28.4. The van der Waals surface area contributed by atoms with Crippen molar-refractivity contribution in [2.75, 3.05) is 6.26 Å². The van der Waals surface area contributed by atoms with Crippen molar-refractivity contribution in [2.45, 2.75) is 14.0 Å². The van der Waals surface area contributed by atoms with Crippen molar-refractivity contribution in [3.8, 4) is 10.4 Å². The van der Waals surface area contributed by atoms with Crippen LogP contribution in [0.3, 0.4) is 0 Å². The zero-order chi connectivity index (χ0) is 19.9. The molecular formula is C20H16N2O2S4. The summed E-state index contributed by atoms with van der Waals surface area (Å²) in [5.74, 6) is -0.124. The van der Waals surface area contributed by atoms with Crippen LogP contribution in [0.1, 0.15) is 4.88 Å². The van der Waals surface area contributed by atoms with Gasteiger partial charge in [-0.05, 0) is 47.5 Å². The molecule has 0 aliphatic carbocycles. The quantitative estimate of drug-likeness (QED) is 0.243. The fraction of sp³-hybridized carbons (Fsp3) is 0.0500. The number of hydrogen-bond acceptors (Lipinski definition) is 6. The zero-order valence-electron chi connectivity index (χ0n) is 14.8. The summed E-state index contributed by atoms with van der Waals surface area (Å²) in [6, 6.07) is 18.7. The first-order valence-corrected chi connectivity index (χ1v) is 12.6. The molecule has 0 fully saturated rings. The standard InChI is InChI=1S/C20H16N2O2S4/c1-25-20-18(11-17(27-20)19(21)22)28(23,24)14-7-4-6-12(9-14)16-10-13-5-2-3-8-15(13)26-16/h2-11H,1H3,(H3,21,22). The molecule has 4 rings (SSSR count). The lowest BCUT2D eigenvalue weighted by atomic mass is 10.1. The molecule has 2 aromatic heterocycles. The van der Waals surface area contributed by atoms with Crippen LogP contribution >= 0.6 is 34.4 Å². The molecule has 0 amide bonds. The second kappa shape index (κ2) is 7.36. The minimum Gasteiger partial charge on any atom is -0.383 e. The average Bonchev–Trinajstić information content (AvgIpc) is 3.32. The Morgan fingerprint density at radius 1 is 1.04 bits per heavy atom. The van der Waals surface area contributed by atoms with Crippen LogP contribution in [-0.2, 0) is 9.84 Å². The lowest BCUT2D eigenvalue weighted by Crippen LogP contribution is -2.08. The summed E-state index contributed by atoms with van der Waals surface area (Å²) in [5, 5.41) is 8.76. The highest BCUT2D eigenvalue weighted by Gasteiger charge is 2.25. The Hall–Kier alpha value is -2.13. The van der Waals surface area contributed by atoms with Gasteiger partial charge >= 0.3 is 0 Å². The van der Waals surface area contributed by atoms with E-state index in [-0.39, 0.29) is 15.6 Å². The molecule has 0 unspecified atom stereocenters. The van der Waals surface area contributed by atoms with E-state index in [1.54, 1.807) is 29.5 Å². The summed E-state index contributed by atoms with van der Waals surface area (Å²) >= 11 is 4.22. The minimum absolute atomic E-state index is 0.124. The number of fused-ring (bicyclic) bond motifs is 1. The maximum Gasteiger partial charge on any atom is 0.208 e. The van der Waals surface area contributed by atoms with Crippen molar-refractivity contribution < 1.29 is 8.42 Å². The molecule has 4 aromatic rings. The van der Waals surface area contributed by atoms with Crippen LogP contribution < -0.4 is 5.73 Å². The van der Waals surface area contributed by atoms with E-state index in [2.05, 4.69) is 18.2 Å². The maximum atomic E-state index is 13.3. The second-order valence-electron chi connectivity index (χ2n) is 6.06. The summed E-state index contributed by atoms with van der Waals surface area (Å²) in [4.78, 5) is 1.94. The van der Waals surface area contributed by atoms with Crippen molar-refractivity contribution in [2.24, 2.45) is 5.73 Å². The molecule has 28 heavy (non-hydrogen) atoms.